The molecule has 0 heterocycles. The number of esters is 1. The molecule has 0 bridgehead atoms. The Hall–Kier alpha value is -0.740. The zero-order valence-electron chi connectivity index (χ0n) is 13.8. The quantitative estimate of drug-likeness (QED) is 0.422. The molecule has 0 aliphatic heterocycles. The van der Waals surface area contributed by atoms with Gasteiger partial charge in [0, 0.05) is 11.3 Å². The Kier molecular flexibility index (Phi) is 6.57. The molecule has 4 heteroatoms. The summed E-state index contributed by atoms with van der Waals surface area (Å²) < 4.78 is 19.1. The third kappa shape index (κ3) is 4.39. The molecule has 0 aromatic carbocycles. The van der Waals surface area contributed by atoms with E-state index in [-0.39, 0.29) is 23.4 Å². The molecular formula is C18H29O3P. The summed E-state index contributed by atoms with van der Waals surface area (Å²) >= 11 is 0. The Morgan fingerprint density at radius 2 is 1.55 bits per heavy atom. The summed E-state index contributed by atoms with van der Waals surface area (Å²) in [6.07, 6.45) is 16.0. The number of carbonyl (C=O) groups excluding carboxylic acids is 1. The third-order valence-electron chi connectivity index (χ3n) is 5.30. The van der Waals surface area contributed by atoms with Gasteiger partial charge in [-0.1, -0.05) is 44.4 Å². The molecule has 1 unspecified atom stereocenters. The van der Waals surface area contributed by atoms with Crippen molar-refractivity contribution in [2.75, 3.05) is 6.16 Å². The predicted octanol–water partition coefficient (Wildman–Crippen LogP) is 4.58. The van der Waals surface area contributed by atoms with Crippen LogP contribution >= 0.6 is 7.14 Å². The van der Waals surface area contributed by atoms with Crippen LogP contribution in [0, 0.1) is 12.3 Å². The normalized spacial score (nSPS) is 22.7. The summed E-state index contributed by atoms with van der Waals surface area (Å²) in [6, 6.07) is 0. The molecule has 2 rings (SSSR count). The molecular weight excluding hydrogens is 295 g/mol. The average Bonchev–Trinajstić information content (AvgIpc) is 2.56. The molecule has 0 saturated heterocycles. The van der Waals surface area contributed by atoms with Gasteiger partial charge in [0.25, 0.3) is 0 Å². The van der Waals surface area contributed by atoms with Crippen molar-refractivity contribution < 1.29 is 14.1 Å². The zero-order chi connectivity index (χ0) is 16.0. The highest BCUT2D eigenvalue weighted by atomic mass is 31.2. The van der Waals surface area contributed by atoms with Crippen molar-refractivity contribution in [2.45, 2.75) is 88.6 Å². The van der Waals surface area contributed by atoms with Gasteiger partial charge in [-0.15, -0.1) is 6.42 Å². The van der Waals surface area contributed by atoms with Gasteiger partial charge in [-0.05, 0) is 32.6 Å². The first kappa shape index (κ1) is 17.6. The lowest BCUT2D eigenvalue weighted by atomic mass is 9.99. The van der Waals surface area contributed by atoms with E-state index in [4.69, 9.17) is 11.2 Å². The first-order chi connectivity index (χ1) is 10.6. The molecule has 0 aromatic rings. The Bertz CT molecular complexity index is 431. The van der Waals surface area contributed by atoms with Gasteiger partial charge >= 0.3 is 5.97 Å². The molecule has 0 aromatic heterocycles. The largest absolute Gasteiger partial charge is 0.449 e. The maximum Gasteiger partial charge on any atom is 0.314 e. The predicted molar refractivity (Wildman–Crippen MR) is 90.6 cm³/mol. The van der Waals surface area contributed by atoms with Gasteiger partial charge in [-0.3, -0.25) is 4.79 Å². The third-order valence-corrected chi connectivity index (χ3v) is 9.56. The number of ether oxygens (including phenoxy) is 1. The van der Waals surface area contributed by atoms with Crippen LogP contribution in [0.2, 0.25) is 0 Å². The molecule has 22 heavy (non-hydrogen) atoms. The fraction of sp³-hybridized carbons (Fsp3) is 0.833. The molecule has 0 N–H and O–H groups in total. The first-order valence-electron chi connectivity index (χ1n) is 8.80. The molecule has 0 spiro atoms. The van der Waals surface area contributed by atoms with Crippen LogP contribution in [0.3, 0.4) is 0 Å². The van der Waals surface area contributed by atoms with Gasteiger partial charge in [-0.2, -0.15) is 0 Å². The summed E-state index contributed by atoms with van der Waals surface area (Å²) in [4.78, 5) is 12.2. The van der Waals surface area contributed by atoms with Crippen LogP contribution < -0.4 is 0 Å². The van der Waals surface area contributed by atoms with Crippen molar-refractivity contribution in [2.24, 2.45) is 0 Å². The first-order valence-corrected chi connectivity index (χ1v) is 10.8. The van der Waals surface area contributed by atoms with E-state index in [1.165, 1.54) is 12.8 Å². The molecule has 2 aliphatic carbocycles. The van der Waals surface area contributed by atoms with Gasteiger partial charge in [0.2, 0.25) is 0 Å². The number of hydrogen-bond donors (Lipinski definition) is 0. The second-order valence-corrected chi connectivity index (χ2v) is 10.4. The standard InChI is InChI=1S/C18H29O3P/c1-3-15(2)21-18(19)14-22(20,16-10-6-4-7-11-16)17-12-8-5-9-13-17/h1,15-17H,4-14H2,2H3. The van der Waals surface area contributed by atoms with Crippen molar-refractivity contribution in [3.05, 3.63) is 0 Å². The Morgan fingerprint density at radius 1 is 1.09 bits per heavy atom. The van der Waals surface area contributed by atoms with E-state index in [2.05, 4.69) is 5.92 Å². The lowest BCUT2D eigenvalue weighted by Gasteiger charge is -2.37. The Labute approximate surface area is 134 Å². The van der Waals surface area contributed by atoms with Gasteiger partial charge in [0.1, 0.15) is 7.14 Å². The number of rotatable bonds is 5. The van der Waals surface area contributed by atoms with Crippen molar-refractivity contribution >= 4 is 13.1 Å². The van der Waals surface area contributed by atoms with E-state index in [1.807, 2.05) is 0 Å². The topological polar surface area (TPSA) is 43.4 Å². The van der Waals surface area contributed by atoms with Crippen LogP contribution in [-0.2, 0) is 14.1 Å². The van der Waals surface area contributed by atoms with E-state index < -0.39 is 13.2 Å². The maximum absolute atomic E-state index is 13.9. The lowest BCUT2D eigenvalue weighted by Crippen LogP contribution is -2.29. The highest BCUT2D eigenvalue weighted by Crippen LogP contribution is 2.62. The van der Waals surface area contributed by atoms with Crippen molar-refractivity contribution in [3.8, 4) is 12.3 Å². The highest BCUT2D eigenvalue weighted by molar-refractivity contribution is 7.66. The van der Waals surface area contributed by atoms with Crippen molar-refractivity contribution in [1.29, 1.82) is 0 Å². The van der Waals surface area contributed by atoms with E-state index >= 15 is 0 Å². The number of terminal acetylenes is 1. The fourth-order valence-corrected chi connectivity index (χ4v) is 8.13. The van der Waals surface area contributed by atoms with E-state index in [0.717, 1.165) is 51.4 Å². The van der Waals surface area contributed by atoms with Crippen LogP contribution in [0.15, 0.2) is 0 Å². The van der Waals surface area contributed by atoms with E-state index in [1.54, 1.807) is 6.92 Å². The van der Waals surface area contributed by atoms with E-state index in [9.17, 15) is 9.36 Å². The summed E-state index contributed by atoms with van der Waals surface area (Å²) in [5.74, 6) is 2.05. The second kappa shape index (κ2) is 8.21. The van der Waals surface area contributed by atoms with E-state index in [0.29, 0.717) is 0 Å². The molecule has 2 aliphatic rings. The average molecular weight is 324 g/mol. The monoisotopic (exact) mass is 324 g/mol. The molecule has 0 radical (unpaired) electrons. The van der Waals surface area contributed by atoms with Crippen LogP contribution in [0.25, 0.3) is 0 Å². The summed E-state index contributed by atoms with van der Waals surface area (Å²) in [5.41, 5.74) is 0.469. The minimum Gasteiger partial charge on any atom is -0.449 e. The van der Waals surface area contributed by atoms with Crippen molar-refractivity contribution in [3.63, 3.8) is 0 Å². The van der Waals surface area contributed by atoms with Gasteiger partial charge in [0.05, 0.1) is 6.16 Å². The van der Waals surface area contributed by atoms with Gasteiger partial charge in [-0.25, -0.2) is 0 Å². The Balaban J connectivity index is 2.11. The number of hydrogen-bond acceptors (Lipinski definition) is 3. The summed E-state index contributed by atoms with van der Waals surface area (Å²) in [5, 5.41) is 0. The van der Waals surface area contributed by atoms with Crippen LogP contribution in [0.1, 0.15) is 71.1 Å². The minimum absolute atomic E-state index is 0.106. The molecule has 3 nitrogen and oxygen atoms in total. The van der Waals surface area contributed by atoms with Crippen LogP contribution in [-0.4, -0.2) is 29.6 Å². The zero-order valence-corrected chi connectivity index (χ0v) is 14.7. The number of carbonyl (C=O) groups is 1. The lowest BCUT2D eigenvalue weighted by molar-refractivity contribution is -0.142. The van der Waals surface area contributed by atoms with Crippen LogP contribution in [0.5, 0.6) is 0 Å². The Morgan fingerprint density at radius 3 is 1.95 bits per heavy atom. The molecule has 0 amide bonds. The summed E-state index contributed by atoms with van der Waals surface area (Å²) in [7, 11) is -2.54. The highest BCUT2D eigenvalue weighted by Gasteiger charge is 2.43. The SMILES string of the molecule is C#CC(C)OC(=O)CP(=O)(C1CCCCC1)C1CCCCC1. The van der Waals surface area contributed by atoms with Gasteiger partial charge < -0.3 is 9.30 Å². The smallest absolute Gasteiger partial charge is 0.314 e. The van der Waals surface area contributed by atoms with Crippen LogP contribution in [0.4, 0.5) is 0 Å². The minimum atomic E-state index is -2.54. The fourth-order valence-electron chi connectivity index (χ4n) is 4.06. The summed E-state index contributed by atoms with van der Waals surface area (Å²) in [6.45, 7) is 1.68. The maximum atomic E-state index is 13.9. The molecule has 1 atom stereocenters. The second-order valence-electron chi connectivity index (χ2n) is 6.89. The molecule has 2 saturated carbocycles. The molecule has 2 fully saturated rings. The van der Waals surface area contributed by atoms with Gasteiger partial charge in [0.15, 0.2) is 6.10 Å². The molecule has 124 valence electrons. The van der Waals surface area contributed by atoms with Crippen molar-refractivity contribution in [1.82, 2.24) is 0 Å².